The summed E-state index contributed by atoms with van der Waals surface area (Å²) in [6.45, 7) is 3.40. The van der Waals surface area contributed by atoms with E-state index in [9.17, 15) is 14.4 Å². The Labute approximate surface area is 128 Å². The van der Waals surface area contributed by atoms with E-state index in [1.807, 2.05) is 5.32 Å². The topological polar surface area (TPSA) is 108 Å². The van der Waals surface area contributed by atoms with Gasteiger partial charge in [-0.1, -0.05) is 26.0 Å². The fourth-order valence-electron chi connectivity index (χ4n) is 1.78. The van der Waals surface area contributed by atoms with E-state index in [4.69, 9.17) is 15.2 Å². The number of rotatable bonds is 6. The highest BCUT2D eigenvalue weighted by Gasteiger charge is 2.27. The van der Waals surface area contributed by atoms with Crippen molar-refractivity contribution in [2.75, 3.05) is 7.11 Å². The van der Waals surface area contributed by atoms with Gasteiger partial charge in [-0.05, 0) is 23.6 Å². The van der Waals surface area contributed by atoms with E-state index in [1.54, 1.807) is 45.2 Å². The predicted molar refractivity (Wildman–Crippen MR) is 79.1 cm³/mol. The first-order valence-electron chi connectivity index (χ1n) is 6.76. The lowest BCUT2D eigenvalue weighted by Gasteiger charge is -2.19. The molecule has 120 valence electrons. The van der Waals surface area contributed by atoms with Crippen molar-refractivity contribution in [2.45, 2.75) is 26.4 Å². The van der Waals surface area contributed by atoms with Gasteiger partial charge in [-0.15, -0.1) is 0 Å². The van der Waals surface area contributed by atoms with Crippen molar-refractivity contribution < 1.29 is 23.9 Å². The minimum atomic E-state index is -1.07. The Bertz CT molecular complexity index is 539. The Balaban J connectivity index is 2.66. The fourth-order valence-corrected chi connectivity index (χ4v) is 1.78. The number of primary amides is 1. The standard InChI is InChI=1S/C15H20N2O5/c1-9(2)13(14(19)17-15(16)20)22-12(18)8-10-4-6-11(21-3)7-5-10/h4-7,9,13H,8H2,1-3H3,(H3,16,17,19,20)/t13-/m0/s1. The van der Waals surface area contributed by atoms with Gasteiger partial charge in [0.05, 0.1) is 13.5 Å². The van der Waals surface area contributed by atoms with Crippen molar-refractivity contribution in [3.8, 4) is 5.75 Å². The monoisotopic (exact) mass is 308 g/mol. The number of carbonyl (C=O) groups is 3. The van der Waals surface area contributed by atoms with E-state index in [0.717, 1.165) is 5.56 Å². The van der Waals surface area contributed by atoms with Gasteiger partial charge in [-0.25, -0.2) is 4.79 Å². The molecule has 1 atom stereocenters. The first kappa shape index (κ1) is 17.5. The smallest absolute Gasteiger partial charge is 0.318 e. The Hall–Kier alpha value is -2.57. The Morgan fingerprint density at radius 1 is 1.18 bits per heavy atom. The molecule has 0 fully saturated rings. The van der Waals surface area contributed by atoms with Crippen LogP contribution < -0.4 is 15.8 Å². The third-order valence-electron chi connectivity index (χ3n) is 2.88. The van der Waals surface area contributed by atoms with E-state index in [0.29, 0.717) is 5.75 Å². The van der Waals surface area contributed by atoms with Crippen LogP contribution in [0.5, 0.6) is 5.75 Å². The summed E-state index contributed by atoms with van der Waals surface area (Å²) in [7, 11) is 1.55. The molecular formula is C15H20N2O5. The first-order chi connectivity index (χ1) is 10.3. The van der Waals surface area contributed by atoms with Crippen LogP contribution in [0.25, 0.3) is 0 Å². The first-order valence-corrected chi connectivity index (χ1v) is 6.76. The van der Waals surface area contributed by atoms with Crippen LogP contribution in [0.15, 0.2) is 24.3 Å². The Kier molecular flexibility index (Phi) is 6.37. The zero-order valence-corrected chi connectivity index (χ0v) is 12.8. The average molecular weight is 308 g/mol. The number of methoxy groups -OCH3 is 1. The van der Waals surface area contributed by atoms with Crippen molar-refractivity contribution >= 4 is 17.9 Å². The molecule has 0 saturated heterocycles. The largest absolute Gasteiger partial charge is 0.497 e. The molecule has 0 radical (unpaired) electrons. The normalized spacial score (nSPS) is 11.6. The lowest BCUT2D eigenvalue weighted by molar-refractivity contribution is -0.157. The third kappa shape index (κ3) is 5.43. The van der Waals surface area contributed by atoms with E-state index in [2.05, 4.69) is 0 Å². The summed E-state index contributed by atoms with van der Waals surface area (Å²) >= 11 is 0. The fraction of sp³-hybridized carbons (Fsp3) is 0.400. The molecule has 1 aromatic rings. The van der Waals surface area contributed by atoms with Crippen molar-refractivity contribution in [3.05, 3.63) is 29.8 Å². The molecule has 3 N–H and O–H groups in total. The second-order valence-electron chi connectivity index (χ2n) is 5.03. The Morgan fingerprint density at radius 3 is 2.23 bits per heavy atom. The quantitative estimate of drug-likeness (QED) is 0.762. The molecule has 0 saturated carbocycles. The number of nitrogens with one attached hydrogen (secondary N) is 1. The highest BCUT2D eigenvalue weighted by Crippen LogP contribution is 2.13. The molecule has 0 unspecified atom stereocenters. The predicted octanol–water partition coefficient (Wildman–Crippen LogP) is 1.00. The van der Waals surface area contributed by atoms with Crippen molar-refractivity contribution in [3.63, 3.8) is 0 Å². The van der Waals surface area contributed by atoms with E-state index >= 15 is 0 Å². The van der Waals surface area contributed by atoms with Crippen LogP contribution in [0.3, 0.4) is 0 Å². The summed E-state index contributed by atoms with van der Waals surface area (Å²) in [6, 6.07) is 5.92. The minimum absolute atomic E-state index is 0.0110. The number of carbonyl (C=O) groups excluding carboxylic acids is 3. The van der Waals surface area contributed by atoms with Crippen molar-refractivity contribution in [1.29, 1.82) is 0 Å². The summed E-state index contributed by atoms with van der Waals surface area (Å²) in [6.07, 6.45) is -1.06. The molecular weight excluding hydrogens is 288 g/mol. The van der Waals surface area contributed by atoms with Gasteiger partial charge < -0.3 is 15.2 Å². The van der Waals surface area contributed by atoms with Crippen molar-refractivity contribution in [1.82, 2.24) is 5.32 Å². The van der Waals surface area contributed by atoms with E-state index in [1.165, 1.54) is 0 Å². The number of ether oxygens (including phenoxy) is 2. The molecule has 0 aliphatic carbocycles. The van der Waals surface area contributed by atoms with Gasteiger partial charge in [-0.2, -0.15) is 0 Å². The molecule has 1 rings (SSSR count). The van der Waals surface area contributed by atoms with Crippen LogP contribution in [0.4, 0.5) is 4.79 Å². The lowest BCUT2D eigenvalue weighted by atomic mass is 10.1. The number of amides is 3. The van der Waals surface area contributed by atoms with Crippen molar-refractivity contribution in [2.24, 2.45) is 11.7 Å². The molecule has 22 heavy (non-hydrogen) atoms. The summed E-state index contributed by atoms with van der Waals surface area (Å²) in [5.41, 5.74) is 5.62. The van der Waals surface area contributed by atoms with Gasteiger partial charge in [0.25, 0.3) is 5.91 Å². The molecule has 1 aromatic carbocycles. The molecule has 0 aromatic heterocycles. The van der Waals surface area contributed by atoms with Crippen LogP contribution in [0.1, 0.15) is 19.4 Å². The molecule has 0 heterocycles. The Morgan fingerprint density at radius 2 is 1.77 bits per heavy atom. The van der Waals surface area contributed by atoms with Gasteiger partial charge in [0.2, 0.25) is 0 Å². The summed E-state index contributed by atoms with van der Waals surface area (Å²) in [4.78, 5) is 34.4. The number of nitrogens with two attached hydrogens (primary N) is 1. The SMILES string of the molecule is COc1ccc(CC(=O)O[C@H](C(=O)NC(N)=O)C(C)C)cc1. The maximum Gasteiger partial charge on any atom is 0.318 e. The van der Waals surface area contributed by atoms with Gasteiger partial charge >= 0.3 is 12.0 Å². The number of hydrogen-bond donors (Lipinski definition) is 2. The third-order valence-corrected chi connectivity index (χ3v) is 2.88. The van der Waals surface area contributed by atoms with Crippen LogP contribution in [-0.4, -0.2) is 31.1 Å². The number of esters is 1. The number of hydrogen-bond acceptors (Lipinski definition) is 5. The van der Waals surface area contributed by atoms with Crippen LogP contribution in [0, 0.1) is 5.92 Å². The lowest BCUT2D eigenvalue weighted by Crippen LogP contribution is -2.45. The van der Waals surface area contributed by atoms with Gasteiger partial charge in [-0.3, -0.25) is 14.9 Å². The summed E-state index contributed by atoms with van der Waals surface area (Å²) < 4.78 is 10.2. The zero-order valence-electron chi connectivity index (χ0n) is 12.8. The number of benzene rings is 1. The maximum atomic E-state index is 11.9. The second-order valence-corrected chi connectivity index (χ2v) is 5.03. The van der Waals surface area contributed by atoms with Crippen LogP contribution in [-0.2, 0) is 20.7 Å². The van der Waals surface area contributed by atoms with Gasteiger partial charge in [0, 0.05) is 0 Å². The molecule has 0 aliphatic heterocycles. The van der Waals surface area contributed by atoms with E-state index < -0.39 is 24.0 Å². The molecule has 0 aliphatic rings. The molecule has 0 bridgehead atoms. The number of imide groups is 1. The van der Waals surface area contributed by atoms with Crippen LogP contribution >= 0.6 is 0 Å². The maximum absolute atomic E-state index is 11.9. The molecule has 7 nitrogen and oxygen atoms in total. The summed E-state index contributed by atoms with van der Waals surface area (Å²) in [5, 5.41) is 1.91. The zero-order chi connectivity index (χ0) is 16.7. The van der Waals surface area contributed by atoms with Crippen LogP contribution in [0.2, 0.25) is 0 Å². The molecule has 3 amide bonds. The number of urea groups is 1. The highest BCUT2D eigenvalue weighted by atomic mass is 16.5. The average Bonchev–Trinajstić information content (AvgIpc) is 2.44. The van der Waals surface area contributed by atoms with Gasteiger partial charge in [0.1, 0.15) is 5.75 Å². The van der Waals surface area contributed by atoms with E-state index in [-0.39, 0.29) is 12.3 Å². The molecule has 0 spiro atoms. The van der Waals surface area contributed by atoms with Gasteiger partial charge in [0.15, 0.2) is 6.10 Å². The highest BCUT2D eigenvalue weighted by molar-refractivity contribution is 5.96. The second kappa shape index (κ2) is 8.02. The summed E-state index contributed by atoms with van der Waals surface area (Å²) in [5.74, 6) is -0.911. The minimum Gasteiger partial charge on any atom is -0.497 e. The molecule has 7 heteroatoms.